The summed E-state index contributed by atoms with van der Waals surface area (Å²) in [5, 5.41) is 3.31. The molecule has 15 heavy (non-hydrogen) atoms. The number of nitrogens with one attached hydrogen (secondary N) is 1. The van der Waals surface area contributed by atoms with Crippen LogP contribution in [0, 0.1) is 0 Å². The summed E-state index contributed by atoms with van der Waals surface area (Å²) in [4.78, 5) is 4.39. The first-order valence-electron chi connectivity index (χ1n) is 6.08. The van der Waals surface area contributed by atoms with E-state index in [1.165, 1.54) is 25.0 Å². The van der Waals surface area contributed by atoms with Crippen LogP contribution >= 0.6 is 0 Å². The molecular weight excluding hydrogens is 186 g/mol. The molecule has 0 spiro atoms. The molecule has 86 valence electrons. The molecule has 0 amide bonds. The van der Waals surface area contributed by atoms with Crippen molar-refractivity contribution in [1.82, 2.24) is 14.9 Å². The number of aromatic nitrogens is 2. The molecule has 1 aromatic rings. The molecule has 0 aliphatic carbocycles. The zero-order valence-corrected chi connectivity index (χ0v) is 10.00. The molecule has 0 radical (unpaired) electrons. The van der Waals surface area contributed by atoms with Crippen LogP contribution in [0.3, 0.4) is 0 Å². The average Bonchev–Trinajstić information content (AvgIpc) is 2.67. The summed E-state index contributed by atoms with van der Waals surface area (Å²) in [5.41, 5.74) is 1.20. The Hall–Kier alpha value is -0.830. The first kappa shape index (κ1) is 12.2. The van der Waals surface area contributed by atoms with E-state index in [2.05, 4.69) is 34.9 Å². The molecule has 0 atom stereocenters. The molecule has 0 saturated carbocycles. The molecule has 3 heteroatoms. The van der Waals surface area contributed by atoms with Gasteiger partial charge >= 0.3 is 0 Å². The Bertz CT molecular complexity index is 231. The van der Waals surface area contributed by atoms with Gasteiger partial charge in [-0.3, -0.25) is 0 Å². The molecular formula is C12H23N3. The third kappa shape index (κ3) is 4.98. The molecule has 1 aromatic heterocycles. The Morgan fingerprint density at radius 3 is 2.93 bits per heavy atom. The van der Waals surface area contributed by atoms with Gasteiger partial charge < -0.3 is 9.88 Å². The highest BCUT2D eigenvalue weighted by atomic mass is 15.0. The maximum Gasteiger partial charge on any atom is 0.0949 e. The Balaban J connectivity index is 2.23. The Kier molecular flexibility index (Phi) is 6.09. The van der Waals surface area contributed by atoms with Crippen molar-refractivity contribution in [3.05, 3.63) is 18.2 Å². The van der Waals surface area contributed by atoms with Gasteiger partial charge in [-0.25, -0.2) is 4.98 Å². The molecule has 3 nitrogen and oxygen atoms in total. The van der Waals surface area contributed by atoms with Crippen molar-refractivity contribution in [2.24, 2.45) is 0 Å². The van der Waals surface area contributed by atoms with E-state index in [1.807, 2.05) is 6.33 Å². The average molecular weight is 209 g/mol. The SMILES string of the molecule is CCCCCn1cnc(CCNCC)c1. The Labute approximate surface area is 92.9 Å². The van der Waals surface area contributed by atoms with Crippen molar-refractivity contribution in [1.29, 1.82) is 0 Å². The highest BCUT2D eigenvalue weighted by Crippen LogP contribution is 2.01. The first-order chi connectivity index (χ1) is 7.36. The van der Waals surface area contributed by atoms with Crippen molar-refractivity contribution >= 4 is 0 Å². The van der Waals surface area contributed by atoms with Gasteiger partial charge in [0.05, 0.1) is 12.0 Å². The summed E-state index contributed by atoms with van der Waals surface area (Å²) in [5.74, 6) is 0. The second-order valence-corrected chi connectivity index (χ2v) is 3.91. The fraction of sp³-hybridized carbons (Fsp3) is 0.750. The number of nitrogens with zero attached hydrogens (tertiary/aromatic N) is 2. The second-order valence-electron chi connectivity index (χ2n) is 3.91. The molecule has 0 fully saturated rings. The lowest BCUT2D eigenvalue weighted by molar-refractivity contribution is 0.601. The van der Waals surface area contributed by atoms with Crippen molar-refractivity contribution in [2.45, 2.75) is 46.1 Å². The number of hydrogen-bond acceptors (Lipinski definition) is 2. The lowest BCUT2D eigenvalue weighted by Crippen LogP contribution is -2.16. The standard InChI is InChI=1S/C12H23N3/c1-3-5-6-9-15-10-12(14-11-15)7-8-13-4-2/h10-11,13H,3-9H2,1-2H3. The van der Waals surface area contributed by atoms with Crippen molar-refractivity contribution in [2.75, 3.05) is 13.1 Å². The van der Waals surface area contributed by atoms with E-state index in [0.29, 0.717) is 0 Å². The molecule has 1 rings (SSSR count). The van der Waals surface area contributed by atoms with Crippen LogP contribution in [0.15, 0.2) is 12.5 Å². The maximum absolute atomic E-state index is 4.39. The molecule has 0 saturated heterocycles. The van der Waals surface area contributed by atoms with E-state index < -0.39 is 0 Å². The molecule has 0 aliphatic rings. The normalized spacial score (nSPS) is 10.8. The van der Waals surface area contributed by atoms with E-state index >= 15 is 0 Å². The zero-order valence-electron chi connectivity index (χ0n) is 10.00. The van der Waals surface area contributed by atoms with Gasteiger partial charge in [0.15, 0.2) is 0 Å². The Morgan fingerprint density at radius 1 is 1.33 bits per heavy atom. The molecule has 0 bridgehead atoms. The van der Waals surface area contributed by atoms with Gasteiger partial charge in [0, 0.05) is 25.7 Å². The summed E-state index contributed by atoms with van der Waals surface area (Å²) in [6.07, 6.45) is 9.02. The van der Waals surface area contributed by atoms with Crippen LogP contribution < -0.4 is 5.32 Å². The second kappa shape index (κ2) is 7.46. The number of imidazole rings is 1. The zero-order chi connectivity index (χ0) is 10.9. The van der Waals surface area contributed by atoms with E-state index in [4.69, 9.17) is 0 Å². The predicted octanol–water partition coefficient (Wildman–Crippen LogP) is 2.23. The quantitative estimate of drug-likeness (QED) is 0.665. The third-order valence-electron chi connectivity index (χ3n) is 2.51. The van der Waals surface area contributed by atoms with Crippen molar-refractivity contribution in [3.8, 4) is 0 Å². The lowest BCUT2D eigenvalue weighted by atomic mass is 10.2. The highest BCUT2D eigenvalue weighted by molar-refractivity contribution is 4.97. The summed E-state index contributed by atoms with van der Waals surface area (Å²) in [6.45, 7) is 7.54. The molecule has 1 N–H and O–H groups in total. The van der Waals surface area contributed by atoms with Crippen LogP contribution in [-0.2, 0) is 13.0 Å². The van der Waals surface area contributed by atoms with Crippen LogP contribution in [0.2, 0.25) is 0 Å². The van der Waals surface area contributed by atoms with Gasteiger partial charge in [-0.05, 0) is 13.0 Å². The monoisotopic (exact) mass is 209 g/mol. The minimum Gasteiger partial charge on any atom is -0.337 e. The summed E-state index contributed by atoms with van der Waals surface area (Å²) >= 11 is 0. The van der Waals surface area contributed by atoms with Crippen LogP contribution in [-0.4, -0.2) is 22.6 Å². The van der Waals surface area contributed by atoms with E-state index in [-0.39, 0.29) is 0 Å². The summed E-state index contributed by atoms with van der Waals surface area (Å²) in [7, 11) is 0. The number of rotatable bonds is 8. The van der Waals surface area contributed by atoms with Gasteiger partial charge in [-0.1, -0.05) is 26.7 Å². The molecule has 1 heterocycles. The van der Waals surface area contributed by atoms with Crippen LogP contribution in [0.5, 0.6) is 0 Å². The lowest BCUT2D eigenvalue weighted by Gasteiger charge is -2.00. The number of aryl methyl sites for hydroxylation is 1. The number of likely N-dealkylation sites (N-methyl/N-ethyl adjacent to an activating group) is 1. The minimum atomic E-state index is 1.03. The maximum atomic E-state index is 4.39. The van der Waals surface area contributed by atoms with Crippen LogP contribution in [0.1, 0.15) is 38.8 Å². The van der Waals surface area contributed by atoms with Crippen molar-refractivity contribution < 1.29 is 0 Å². The van der Waals surface area contributed by atoms with Gasteiger partial charge in [0.25, 0.3) is 0 Å². The largest absolute Gasteiger partial charge is 0.337 e. The van der Waals surface area contributed by atoms with Gasteiger partial charge in [0.2, 0.25) is 0 Å². The van der Waals surface area contributed by atoms with Gasteiger partial charge in [-0.2, -0.15) is 0 Å². The van der Waals surface area contributed by atoms with Crippen molar-refractivity contribution in [3.63, 3.8) is 0 Å². The van der Waals surface area contributed by atoms with E-state index in [9.17, 15) is 0 Å². The van der Waals surface area contributed by atoms with E-state index in [0.717, 1.165) is 26.1 Å². The van der Waals surface area contributed by atoms with Gasteiger partial charge in [-0.15, -0.1) is 0 Å². The fourth-order valence-corrected chi connectivity index (χ4v) is 1.60. The smallest absolute Gasteiger partial charge is 0.0949 e. The van der Waals surface area contributed by atoms with E-state index in [1.54, 1.807) is 0 Å². The fourth-order valence-electron chi connectivity index (χ4n) is 1.60. The molecule has 0 unspecified atom stereocenters. The molecule has 0 aliphatic heterocycles. The minimum absolute atomic E-state index is 1.03. The topological polar surface area (TPSA) is 29.9 Å². The number of hydrogen-bond donors (Lipinski definition) is 1. The van der Waals surface area contributed by atoms with Gasteiger partial charge in [0.1, 0.15) is 0 Å². The third-order valence-corrected chi connectivity index (χ3v) is 2.51. The first-order valence-corrected chi connectivity index (χ1v) is 6.08. The van der Waals surface area contributed by atoms with Crippen LogP contribution in [0.25, 0.3) is 0 Å². The Morgan fingerprint density at radius 2 is 2.20 bits per heavy atom. The van der Waals surface area contributed by atoms with Crippen LogP contribution in [0.4, 0.5) is 0 Å². The number of unbranched alkanes of at least 4 members (excludes halogenated alkanes) is 2. The summed E-state index contributed by atoms with van der Waals surface area (Å²) in [6, 6.07) is 0. The molecule has 0 aromatic carbocycles. The summed E-state index contributed by atoms with van der Waals surface area (Å²) < 4.78 is 2.21. The highest BCUT2D eigenvalue weighted by Gasteiger charge is 1.97. The predicted molar refractivity (Wildman–Crippen MR) is 64.0 cm³/mol.